The first-order valence-electron chi connectivity index (χ1n) is 7.75. The molecule has 0 saturated carbocycles. The van der Waals surface area contributed by atoms with Crippen LogP contribution in [-0.2, 0) is 12.8 Å². The second-order valence-corrected chi connectivity index (χ2v) is 5.73. The molecule has 128 valence electrons. The van der Waals surface area contributed by atoms with E-state index in [0.717, 1.165) is 18.5 Å². The molecule has 24 heavy (non-hydrogen) atoms. The highest BCUT2D eigenvalue weighted by Gasteiger charge is 2.12. The highest BCUT2D eigenvalue weighted by Crippen LogP contribution is 2.24. The van der Waals surface area contributed by atoms with E-state index >= 15 is 0 Å². The lowest BCUT2D eigenvalue weighted by molar-refractivity contribution is 0.182. The number of rotatable bonds is 4. The van der Waals surface area contributed by atoms with Gasteiger partial charge in [-0.2, -0.15) is 0 Å². The first-order valence-corrected chi connectivity index (χ1v) is 7.75. The SMILES string of the molecule is I.NC(=NCC(O)c1ccccc1F)Nc1ccc2c(c1)CCC2. The van der Waals surface area contributed by atoms with E-state index in [9.17, 15) is 9.50 Å². The topological polar surface area (TPSA) is 70.6 Å². The number of anilines is 1. The van der Waals surface area contributed by atoms with Crippen molar-refractivity contribution in [3.8, 4) is 0 Å². The van der Waals surface area contributed by atoms with Gasteiger partial charge in [0.1, 0.15) is 11.9 Å². The third-order valence-electron chi connectivity index (χ3n) is 4.07. The number of hydrogen-bond donors (Lipinski definition) is 3. The molecule has 1 aliphatic rings. The molecule has 0 spiro atoms. The van der Waals surface area contributed by atoms with Crippen LogP contribution in [0.25, 0.3) is 0 Å². The summed E-state index contributed by atoms with van der Waals surface area (Å²) in [5.41, 5.74) is 9.69. The molecule has 4 nitrogen and oxygen atoms in total. The van der Waals surface area contributed by atoms with Crippen LogP contribution >= 0.6 is 24.0 Å². The summed E-state index contributed by atoms with van der Waals surface area (Å²) in [7, 11) is 0. The first-order chi connectivity index (χ1) is 11.1. The average Bonchev–Trinajstić information content (AvgIpc) is 3.01. The molecule has 0 fully saturated rings. The number of fused-ring (bicyclic) bond motifs is 1. The number of aliphatic hydroxyl groups excluding tert-OH is 1. The number of aliphatic imine (C=N–C) groups is 1. The van der Waals surface area contributed by atoms with Gasteiger partial charge in [0, 0.05) is 11.3 Å². The molecular formula is C18H21FIN3O. The lowest BCUT2D eigenvalue weighted by Crippen LogP contribution is -2.23. The number of guanidine groups is 1. The molecule has 0 aromatic heterocycles. The van der Waals surface area contributed by atoms with Gasteiger partial charge in [0.25, 0.3) is 0 Å². The summed E-state index contributed by atoms with van der Waals surface area (Å²) < 4.78 is 13.6. The highest BCUT2D eigenvalue weighted by molar-refractivity contribution is 14.0. The van der Waals surface area contributed by atoms with Crippen LogP contribution in [0.3, 0.4) is 0 Å². The van der Waals surface area contributed by atoms with Gasteiger partial charge < -0.3 is 16.2 Å². The van der Waals surface area contributed by atoms with Crippen molar-refractivity contribution in [1.29, 1.82) is 0 Å². The van der Waals surface area contributed by atoms with Gasteiger partial charge in [-0.15, -0.1) is 24.0 Å². The summed E-state index contributed by atoms with van der Waals surface area (Å²) in [4.78, 5) is 4.10. The Morgan fingerprint density at radius 3 is 2.75 bits per heavy atom. The minimum Gasteiger partial charge on any atom is -0.386 e. The zero-order valence-corrected chi connectivity index (χ0v) is 15.5. The summed E-state index contributed by atoms with van der Waals surface area (Å²) in [6.07, 6.45) is 2.40. The minimum atomic E-state index is -1.02. The molecule has 1 unspecified atom stereocenters. The van der Waals surface area contributed by atoms with Crippen LogP contribution in [0.2, 0.25) is 0 Å². The number of benzene rings is 2. The van der Waals surface area contributed by atoms with Crippen LogP contribution < -0.4 is 11.1 Å². The van der Waals surface area contributed by atoms with Crippen LogP contribution in [0, 0.1) is 5.82 Å². The van der Waals surface area contributed by atoms with Crippen molar-refractivity contribution in [2.45, 2.75) is 25.4 Å². The summed E-state index contributed by atoms with van der Waals surface area (Å²) in [5, 5.41) is 13.0. The molecule has 6 heteroatoms. The number of nitrogens with zero attached hydrogens (tertiary/aromatic N) is 1. The van der Waals surface area contributed by atoms with Gasteiger partial charge in [-0.3, -0.25) is 4.99 Å². The predicted molar refractivity (Wildman–Crippen MR) is 105 cm³/mol. The molecule has 3 rings (SSSR count). The normalized spacial score (nSPS) is 14.7. The van der Waals surface area contributed by atoms with Crippen molar-refractivity contribution in [2.75, 3.05) is 11.9 Å². The van der Waals surface area contributed by atoms with E-state index in [1.165, 1.54) is 23.6 Å². The molecule has 4 N–H and O–H groups in total. The summed E-state index contributed by atoms with van der Waals surface area (Å²) in [5.74, 6) is -0.237. The van der Waals surface area contributed by atoms with Crippen molar-refractivity contribution in [1.82, 2.24) is 0 Å². The van der Waals surface area contributed by atoms with Crippen molar-refractivity contribution < 1.29 is 9.50 Å². The van der Waals surface area contributed by atoms with E-state index in [-0.39, 0.29) is 42.0 Å². The standard InChI is InChI=1S/C18H20FN3O.HI/c19-16-7-2-1-6-15(16)17(23)11-21-18(20)22-14-9-8-12-4-3-5-13(12)10-14;/h1-2,6-10,17,23H,3-5,11H2,(H3,20,21,22);1H. The van der Waals surface area contributed by atoms with E-state index in [0.29, 0.717) is 0 Å². The van der Waals surface area contributed by atoms with Crippen LogP contribution in [-0.4, -0.2) is 17.6 Å². The fourth-order valence-corrected chi connectivity index (χ4v) is 2.87. The van der Waals surface area contributed by atoms with Crippen LogP contribution in [0.4, 0.5) is 10.1 Å². The van der Waals surface area contributed by atoms with Gasteiger partial charge in [-0.05, 0) is 48.6 Å². The Bertz CT molecular complexity index is 736. The van der Waals surface area contributed by atoms with Crippen molar-refractivity contribution >= 4 is 35.6 Å². The maximum absolute atomic E-state index is 13.6. The largest absolute Gasteiger partial charge is 0.386 e. The van der Waals surface area contributed by atoms with Gasteiger partial charge in [-0.25, -0.2) is 4.39 Å². The van der Waals surface area contributed by atoms with E-state index in [2.05, 4.69) is 22.4 Å². The van der Waals surface area contributed by atoms with Gasteiger partial charge in [-0.1, -0.05) is 24.3 Å². The van der Waals surface area contributed by atoms with Crippen LogP contribution in [0.5, 0.6) is 0 Å². The maximum atomic E-state index is 13.6. The highest BCUT2D eigenvalue weighted by atomic mass is 127. The third-order valence-corrected chi connectivity index (χ3v) is 4.07. The molecular weight excluding hydrogens is 420 g/mol. The van der Waals surface area contributed by atoms with Gasteiger partial charge in [0.15, 0.2) is 5.96 Å². The Hall–Kier alpha value is -1.67. The maximum Gasteiger partial charge on any atom is 0.193 e. The predicted octanol–water partition coefficient (Wildman–Crippen LogP) is 3.39. The smallest absolute Gasteiger partial charge is 0.193 e. The Morgan fingerprint density at radius 2 is 1.96 bits per heavy atom. The van der Waals surface area contributed by atoms with E-state index in [1.807, 2.05) is 6.07 Å². The Morgan fingerprint density at radius 1 is 1.21 bits per heavy atom. The van der Waals surface area contributed by atoms with Gasteiger partial charge >= 0.3 is 0 Å². The lowest BCUT2D eigenvalue weighted by atomic mass is 10.1. The number of hydrogen-bond acceptors (Lipinski definition) is 2. The van der Waals surface area contributed by atoms with Gasteiger partial charge in [0.2, 0.25) is 0 Å². The zero-order valence-electron chi connectivity index (χ0n) is 13.2. The summed E-state index contributed by atoms with van der Waals surface area (Å²) in [6.45, 7) is 0.00467. The third kappa shape index (κ3) is 4.45. The fraction of sp³-hybridized carbons (Fsp3) is 0.278. The number of halogens is 2. The van der Waals surface area contributed by atoms with Crippen LogP contribution in [0.1, 0.15) is 29.2 Å². The van der Waals surface area contributed by atoms with Crippen LogP contribution in [0.15, 0.2) is 47.5 Å². The summed E-state index contributed by atoms with van der Waals surface area (Å²) >= 11 is 0. The number of aryl methyl sites for hydroxylation is 2. The lowest BCUT2D eigenvalue weighted by Gasteiger charge is -2.11. The monoisotopic (exact) mass is 441 g/mol. The Balaban J connectivity index is 0.00000208. The molecule has 0 amide bonds. The minimum absolute atomic E-state index is 0. The van der Waals surface area contributed by atoms with E-state index < -0.39 is 11.9 Å². The quantitative estimate of drug-likeness (QED) is 0.387. The number of nitrogens with two attached hydrogens (primary N) is 1. The second kappa shape index (κ2) is 8.43. The number of aliphatic hydroxyl groups is 1. The Kier molecular flexibility index (Phi) is 6.56. The zero-order chi connectivity index (χ0) is 16.2. The molecule has 0 saturated heterocycles. The molecule has 0 heterocycles. The average molecular weight is 441 g/mol. The Labute approximate surface area is 158 Å². The molecule has 0 bridgehead atoms. The molecule has 0 radical (unpaired) electrons. The van der Waals surface area contributed by atoms with Crippen molar-refractivity contribution in [2.24, 2.45) is 10.7 Å². The molecule has 0 aliphatic heterocycles. The van der Waals surface area contributed by atoms with Gasteiger partial charge in [0.05, 0.1) is 6.54 Å². The van der Waals surface area contributed by atoms with E-state index in [1.54, 1.807) is 18.2 Å². The molecule has 2 aromatic rings. The fourth-order valence-electron chi connectivity index (χ4n) is 2.87. The van der Waals surface area contributed by atoms with E-state index in [4.69, 9.17) is 5.73 Å². The molecule has 1 aliphatic carbocycles. The summed E-state index contributed by atoms with van der Waals surface area (Å²) in [6, 6.07) is 12.3. The second-order valence-electron chi connectivity index (χ2n) is 5.73. The first kappa shape index (κ1) is 18.7. The molecule has 1 atom stereocenters. The van der Waals surface area contributed by atoms with Crippen molar-refractivity contribution in [3.05, 3.63) is 65.0 Å². The number of nitrogens with one attached hydrogen (secondary N) is 1. The molecule has 2 aromatic carbocycles. The van der Waals surface area contributed by atoms with Crippen molar-refractivity contribution in [3.63, 3.8) is 0 Å².